The SMILES string of the molecule is CCCCCCCCCCCl.[Ru]. The summed E-state index contributed by atoms with van der Waals surface area (Å²) in [7, 11) is 0. The Morgan fingerprint density at radius 2 is 1.17 bits per heavy atom. The second-order valence-electron chi connectivity index (χ2n) is 3.16. The van der Waals surface area contributed by atoms with Crippen LogP contribution in [0.2, 0.25) is 0 Å². The molecule has 0 bridgehead atoms. The number of halogens is 1. The van der Waals surface area contributed by atoms with Gasteiger partial charge in [0.1, 0.15) is 0 Å². The van der Waals surface area contributed by atoms with E-state index in [0.29, 0.717) is 0 Å². The summed E-state index contributed by atoms with van der Waals surface area (Å²) in [4.78, 5) is 0. The number of hydrogen-bond acceptors (Lipinski definition) is 0. The van der Waals surface area contributed by atoms with Crippen molar-refractivity contribution in [1.29, 1.82) is 0 Å². The Balaban J connectivity index is 0. The Hall–Kier alpha value is 0.913. The standard InChI is InChI=1S/C10H21Cl.Ru/c1-2-3-4-5-6-7-8-9-10-11;/h2-10H2,1H3;. The molecule has 0 radical (unpaired) electrons. The summed E-state index contributed by atoms with van der Waals surface area (Å²) in [5.41, 5.74) is 0. The fraction of sp³-hybridized carbons (Fsp3) is 1.00. The van der Waals surface area contributed by atoms with E-state index in [1.165, 1.54) is 51.4 Å². The minimum absolute atomic E-state index is 0. The van der Waals surface area contributed by atoms with Gasteiger partial charge in [-0.2, -0.15) is 0 Å². The van der Waals surface area contributed by atoms with Crippen LogP contribution in [0, 0.1) is 0 Å². The quantitative estimate of drug-likeness (QED) is 0.351. The molecule has 0 atom stereocenters. The van der Waals surface area contributed by atoms with Crippen molar-refractivity contribution in [2.24, 2.45) is 0 Å². The van der Waals surface area contributed by atoms with Crippen molar-refractivity contribution in [2.75, 3.05) is 5.88 Å². The molecule has 0 N–H and O–H groups in total. The van der Waals surface area contributed by atoms with Gasteiger partial charge >= 0.3 is 0 Å². The van der Waals surface area contributed by atoms with Gasteiger partial charge in [0, 0.05) is 25.4 Å². The van der Waals surface area contributed by atoms with E-state index in [0.717, 1.165) is 5.88 Å². The van der Waals surface area contributed by atoms with E-state index < -0.39 is 0 Å². The van der Waals surface area contributed by atoms with Crippen LogP contribution in [-0.2, 0) is 19.5 Å². The van der Waals surface area contributed by atoms with Crippen LogP contribution < -0.4 is 0 Å². The molecule has 0 unspecified atom stereocenters. The number of hydrogen-bond donors (Lipinski definition) is 0. The molecule has 2 heteroatoms. The van der Waals surface area contributed by atoms with Gasteiger partial charge in [-0.05, 0) is 6.42 Å². The zero-order valence-corrected chi connectivity index (χ0v) is 10.6. The van der Waals surface area contributed by atoms with E-state index in [-0.39, 0.29) is 19.5 Å². The Morgan fingerprint density at radius 1 is 0.750 bits per heavy atom. The van der Waals surface area contributed by atoms with Gasteiger partial charge in [-0.15, -0.1) is 11.6 Å². The summed E-state index contributed by atoms with van der Waals surface area (Å²) in [5.74, 6) is 0.842. The van der Waals surface area contributed by atoms with Gasteiger partial charge in [0.2, 0.25) is 0 Å². The fourth-order valence-corrected chi connectivity index (χ4v) is 1.42. The van der Waals surface area contributed by atoms with Crippen LogP contribution in [0.5, 0.6) is 0 Å². The van der Waals surface area contributed by atoms with Crippen molar-refractivity contribution in [2.45, 2.75) is 58.3 Å². The summed E-state index contributed by atoms with van der Waals surface area (Å²) in [6, 6.07) is 0. The Bertz CT molecular complexity index is 58.9. The predicted octanol–water partition coefficient (Wildman–Crippen LogP) is 4.36. The third-order valence-electron chi connectivity index (χ3n) is 1.99. The van der Waals surface area contributed by atoms with E-state index in [9.17, 15) is 0 Å². The van der Waals surface area contributed by atoms with Crippen LogP contribution in [0.1, 0.15) is 58.3 Å². The average Bonchev–Trinajstić information content (AvgIpc) is 2.03. The van der Waals surface area contributed by atoms with Gasteiger partial charge < -0.3 is 0 Å². The van der Waals surface area contributed by atoms with E-state index in [1.807, 2.05) is 0 Å². The molecule has 76 valence electrons. The van der Waals surface area contributed by atoms with Crippen molar-refractivity contribution >= 4 is 11.6 Å². The minimum Gasteiger partial charge on any atom is -0.127 e. The molecular formula is C10H21ClRu. The fourth-order valence-electron chi connectivity index (χ4n) is 1.23. The summed E-state index contributed by atoms with van der Waals surface area (Å²) in [6.45, 7) is 2.26. The monoisotopic (exact) mass is 278 g/mol. The van der Waals surface area contributed by atoms with Crippen LogP contribution in [0.3, 0.4) is 0 Å². The summed E-state index contributed by atoms with van der Waals surface area (Å²) < 4.78 is 0. The molecule has 0 saturated heterocycles. The van der Waals surface area contributed by atoms with Crippen LogP contribution in [-0.4, -0.2) is 5.88 Å². The molecule has 0 aromatic rings. The largest absolute Gasteiger partial charge is 0.127 e. The van der Waals surface area contributed by atoms with Crippen molar-refractivity contribution in [3.05, 3.63) is 0 Å². The molecule has 0 aromatic carbocycles. The smallest absolute Gasteiger partial charge is 0.0223 e. The molecule has 0 rings (SSSR count). The molecule has 0 spiro atoms. The topological polar surface area (TPSA) is 0 Å². The Kier molecular flexibility index (Phi) is 18.5. The second kappa shape index (κ2) is 14.4. The molecule has 0 amide bonds. The normalized spacial score (nSPS) is 9.50. The molecule has 0 aliphatic heterocycles. The van der Waals surface area contributed by atoms with Crippen LogP contribution >= 0.6 is 11.6 Å². The van der Waals surface area contributed by atoms with Gasteiger partial charge in [-0.1, -0.05) is 51.9 Å². The Morgan fingerprint density at radius 3 is 1.58 bits per heavy atom. The van der Waals surface area contributed by atoms with Gasteiger partial charge in [-0.3, -0.25) is 0 Å². The van der Waals surface area contributed by atoms with Crippen molar-refractivity contribution in [3.8, 4) is 0 Å². The first-order chi connectivity index (χ1) is 5.41. The second-order valence-corrected chi connectivity index (χ2v) is 3.54. The first kappa shape index (κ1) is 15.4. The van der Waals surface area contributed by atoms with E-state index in [1.54, 1.807) is 0 Å². The molecule has 0 saturated carbocycles. The van der Waals surface area contributed by atoms with Gasteiger partial charge in [0.15, 0.2) is 0 Å². The van der Waals surface area contributed by atoms with Crippen molar-refractivity contribution in [1.82, 2.24) is 0 Å². The summed E-state index contributed by atoms with van der Waals surface area (Å²) in [5, 5.41) is 0. The van der Waals surface area contributed by atoms with Crippen LogP contribution in [0.25, 0.3) is 0 Å². The average molecular weight is 278 g/mol. The van der Waals surface area contributed by atoms with E-state index >= 15 is 0 Å². The summed E-state index contributed by atoms with van der Waals surface area (Å²) >= 11 is 5.56. The molecule has 0 nitrogen and oxygen atoms in total. The predicted molar refractivity (Wildman–Crippen MR) is 53.3 cm³/mol. The molecule has 0 heterocycles. The minimum atomic E-state index is 0. The first-order valence-electron chi connectivity index (χ1n) is 4.97. The first-order valence-corrected chi connectivity index (χ1v) is 5.51. The molecular weight excluding hydrogens is 257 g/mol. The maximum Gasteiger partial charge on any atom is 0.0223 e. The molecule has 12 heavy (non-hydrogen) atoms. The summed E-state index contributed by atoms with van der Waals surface area (Å²) in [6.07, 6.45) is 10.9. The van der Waals surface area contributed by atoms with Crippen molar-refractivity contribution < 1.29 is 19.5 Å². The molecule has 0 fully saturated rings. The number of rotatable bonds is 8. The zero-order chi connectivity index (χ0) is 8.36. The van der Waals surface area contributed by atoms with Gasteiger partial charge in [0.05, 0.1) is 0 Å². The number of unbranched alkanes of at least 4 members (excludes halogenated alkanes) is 7. The van der Waals surface area contributed by atoms with Crippen LogP contribution in [0.4, 0.5) is 0 Å². The van der Waals surface area contributed by atoms with Crippen molar-refractivity contribution in [3.63, 3.8) is 0 Å². The zero-order valence-electron chi connectivity index (χ0n) is 8.10. The third-order valence-corrected chi connectivity index (χ3v) is 2.25. The van der Waals surface area contributed by atoms with E-state index in [4.69, 9.17) is 11.6 Å². The maximum atomic E-state index is 5.56. The third kappa shape index (κ3) is 13.5. The maximum absolute atomic E-state index is 5.56. The molecule has 0 aliphatic carbocycles. The van der Waals surface area contributed by atoms with E-state index in [2.05, 4.69) is 6.92 Å². The molecule has 0 aromatic heterocycles. The van der Waals surface area contributed by atoms with Gasteiger partial charge in [-0.25, -0.2) is 0 Å². The molecule has 0 aliphatic rings. The van der Waals surface area contributed by atoms with Gasteiger partial charge in [0.25, 0.3) is 0 Å². The Labute approximate surface area is 95.2 Å². The van der Waals surface area contributed by atoms with Crippen LogP contribution in [0.15, 0.2) is 0 Å². The number of alkyl halides is 1.